The SMILES string of the molecule is O=S(=O)(Nc1cnc2nc[nH]c2c1)c1ccccc1Cl. The molecular formula is C12H9ClN4O2S. The number of imidazole rings is 1. The number of hydrogen-bond donors (Lipinski definition) is 2. The van der Waals surface area contributed by atoms with Crippen LogP contribution in [0.2, 0.25) is 5.02 Å². The summed E-state index contributed by atoms with van der Waals surface area (Å²) in [7, 11) is -3.75. The van der Waals surface area contributed by atoms with E-state index in [4.69, 9.17) is 11.6 Å². The van der Waals surface area contributed by atoms with Crippen LogP contribution in [0.4, 0.5) is 5.69 Å². The molecule has 0 atom stereocenters. The van der Waals surface area contributed by atoms with Crippen molar-refractivity contribution in [2.45, 2.75) is 4.90 Å². The summed E-state index contributed by atoms with van der Waals surface area (Å²) >= 11 is 5.90. The van der Waals surface area contributed by atoms with Crippen molar-refractivity contribution in [2.75, 3.05) is 4.72 Å². The fourth-order valence-corrected chi connectivity index (χ4v) is 3.31. The maximum absolute atomic E-state index is 12.2. The number of H-pyrrole nitrogens is 1. The molecule has 0 saturated heterocycles. The van der Waals surface area contributed by atoms with E-state index in [0.29, 0.717) is 16.9 Å². The summed E-state index contributed by atoms with van der Waals surface area (Å²) in [4.78, 5) is 10.9. The number of halogens is 1. The van der Waals surface area contributed by atoms with Crippen molar-refractivity contribution in [3.8, 4) is 0 Å². The van der Waals surface area contributed by atoms with Crippen molar-refractivity contribution in [2.24, 2.45) is 0 Å². The topological polar surface area (TPSA) is 87.7 Å². The molecule has 6 nitrogen and oxygen atoms in total. The highest BCUT2D eigenvalue weighted by molar-refractivity contribution is 7.92. The lowest BCUT2D eigenvalue weighted by Crippen LogP contribution is -2.13. The third kappa shape index (κ3) is 2.33. The minimum atomic E-state index is -3.75. The average Bonchev–Trinajstić information content (AvgIpc) is 2.86. The molecule has 0 aliphatic carbocycles. The molecule has 1 aromatic carbocycles. The standard InChI is InChI=1S/C12H9ClN4O2S/c13-9-3-1-2-4-11(9)20(18,19)17-8-5-10-12(14-6-8)16-7-15-10/h1-7,17H,(H,14,15,16). The predicted molar refractivity (Wildman–Crippen MR) is 76.1 cm³/mol. The van der Waals surface area contributed by atoms with Crippen LogP contribution in [0.3, 0.4) is 0 Å². The van der Waals surface area contributed by atoms with E-state index in [-0.39, 0.29) is 9.92 Å². The molecule has 0 bridgehead atoms. The minimum absolute atomic E-state index is 0.0198. The van der Waals surface area contributed by atoms with Crippen LogP contribution in [0.1, 0.15) is 0 Å². The minimum Gasteiger partial charge on any atom is -0.343 e. The number of nitrogens with one attached hydrogen (secondary N) is 2. The van der Waals surface area contributed by atoms with E-state index in [2.05, 4.69) is 19.7 Å². The largest absolute Gasteiger partial charge is 0.343 e. The molecule has 2 aromatic heterocycles. The second-order valence-corrected chi connectivity index (χ2v) is 6.09. The van der Waals surface area contributed by atoms with Gasteiger partial charge in [0, 0.05) is 0 Å². The number of benzene rings is 1. The number of nitrogens with zero attached hydrogens (tertiary/aromatic N) is 2. The van der Waals surface area contributed by atoms with Crippen molar-refractivity contribution in [3.63, 3.8) is 0 Å². The van der Waals surface area contributed by atoms with E-state index in [1.54, 1.807) is 18.2 Å². The van der Waals surface area contributed by atoms with Crippen LogP contribution in [0.15, 0.2) is 47.8 Å². The van der Waals surface area contributed by atoms with Crippen LogP contribution in [-0.4, -0.2) is 23.4 Å². The molecule has 0 unspecified atom stereocenters. The first-order valence-electron chi connectivity index (χ1n) is 5.63. The van der Waals surface area contributed by atoms with Crippen LogP contribution in [-0.2, 0) is 10.0 Å². The second-order valence-electron chi connectivity index (χ2n) is 4.03. The van der Waals surface area contributed by atoms with Crippen LogP contribution < -0.4 is 4.72 Å². The third-order valence-electron chi connectivity index (χ3n) is 2.65. The fraction of sp³-hybridized carbons (Fsp3) is 0. The highest BCUT2D eigenvalue weighted by Crippen LogP contribution is 2.23. The Bertz CT molecular complexity index is 876. The van der Waals surface area contributed by atoms with E-state index in [1.807, 2.05) is 0 Å². The molecule has 3 rings (SSSR count). The lowest BCUT2D eigenvalue weighted by molar-refractivity contribution is 0.601. The number of sulfonamides is 1. The number of pyridine rings is 1. The van der Waals surface area contributed by atoms with Crippen LogP contribution in [0, 0.1) is 0 Å². The van der Waals surface area contributed by atoms with Gasteiger partial charge in [0.15, 0.2) is 5.65 Å². The zero-order valence-electron chi connectivity index (χ0n) is 10.0. The molecule has 8 heteroatoms. The molecule has 0 aliphatic rings. The highest BCUT2D eigenvalue weighted by atomic mass is 35.5. The normalized spacial score (nSPS) is 11.7. The Kier molecular flexibility index (Phi) is 3.07. The van der Waals surface area contributed by atoms with Gasteiger partial charge in [0.25, 0.3) is 10.0 Å². The Hall–Kier alpha value is -2.12. The summed E-state index contributed by atoms with van der Waals surface area (Å²) in [6, 6.07) is 7.85. The summed E-state index contributed by atoms with van der Waals surface area (Å²) in [6.45, 7) is 0. The van der Waals surface area contributed by atoms with Gasteiger partial charge < -0.3 is 4.98 Å². The van der Waals surface area contributed by atoms with Gasteiger partial charge in [-0.25, -0.2) is 18.4 Å². The van der Waals surface area contributed by atoms with Crippen molar-refractivity contribution >= 4 is 38.5 Å². The number of rotatable bonds is 3. The molecule has 2 N–H and O–H groups in total. The van der Waals surface area contributed by atoms with Crippen LogP contribution >= 0.6 is 11.6 Å². The van der Waals surface area contributed by atoms with E-state index in [1.165, 1.54) is 24.7 Å². The average molecular weight is 309 g/mol. The summed E-state index contributed by atoms with van der Waals surface area (Å²) in [5.74, 6) is 0. The first-order chi connectivity index (χ1) is 9.56. The molecule has 3 aromatic rings. The quantitative estimate of drug-likeness (QED) is 0.777. The molecular weight excluding hydrogens is 300 g/mol. The van der Waals surface area contributed by atoms with Crippen LogP contribution in [0.25, 0.3) is 11.2 Å². The van der Waals surface area contributed by atoms with Gasteiger partial charge in [0.1, 0.15) is 4.90 Å². The molecule has 0 radical (unpaired) electrons. The van der Waals surface area contributed by atoms with Crippen molar-refractivity contribution in [1.82, 2.24) is 15.0 Å². The lowest BCUT2D eigenvalue weighted by Gasteiger charge is -2.08. The van der Waals surface area contributed by atoms with Gasteiger partial charge in [-0.05, 0) is 18.2 Å². The Labute approximate surface area is 119 Å². The zero-order chi connectivity index (χ0) is 14.2. The van der Waals surface area contributed by atoms with E-state index in [0.717, 1.165) is 0 Å². The molecule has 102 valence electrons. The van der Waals surface area contributed by atoms with Crippen molar-refractivity contribution in [3.05, 3.63) is 47.9 Å². The van der Waals surface area contributed by atoms with E-state index in [9.17, 15) is 8.42 Å². The Balaban J connectivity index is 1.99. The smallest absolute Gasteiger partial charge is 0.263 e. The van der Waals surface area contributed by atoms with Gasteiger partial charge in [-0.1, -0.05) is 23.7 Å². The van der Waals surface area contributed by atoms with Gasteiger partial charge in [0.2, 0.25) is 0 Å². The van der Waals surface area contributed by atoms with Crippen molar-refractivity contribution < 1.29 is 8.42 Å². The maximum atomic E-state index is 12.2. The highest BCUT2D eigenvalue weighted by Gasteiger charge is 2.17. The fourth-order valence-electron chi connectivity index (χ4n) is 1.76. The first kappa shape index (κ1) is 12.9. The first-order valence-corrected chi connectivity index (χ1v) is 7.49. The molecule has 2 heterocycles. The lowest BCUT2D eigenvalue weighted by atomic mass is 10.4. The van der Waals surface area contributed by atoms with Gasteiger partial charge in [-0.15, -0.1) is 0 Å². The number of aromatic nitrogens is 3. The van der Waals surface area contributed by atoms with Crippen LogP contribution in [0.5, 0.6) is 0 Å². The molecule has 0 aliphatic heterocycles. The number of anilines is 1. The van der Waals surface area contributed by atoms with E-state index >= 15 is 0 Å². The Morgan fingerprint density at radius 1 is 1.20 bits per heavy atom. The second kappa shape index (κ2) is 4.77. The van der Waals surface area contributed by atoms with Gasteiger partial charge in [-0.2, -0.15) is 0 Å². The maximum Gasteiger partial charge on any atom is 0.263 e. The van der Waals surface area contributed by atoms with Gasteiger partial charge in [-0.3, -0.25) is 4.72 Å². The molecule has 0 saturated carbocycles. The monoisotopic (exact) mass is 308 g/mol. The van der Waals surface area contributed by atoms with E-state index < -0.39 is 10.0 Å². The summed E-state index contributed by atoms with van der Waals surface area (Å²) in [6.07, 6.45) is 2.89. The molecule has 20 heavy (non-hydrogen) atoms. The number of aromatic amines is 1. The van der Waals surface area contributed by atoms with Gasteiger partial charge >= 0.3 is 0 Å². The predicted octanol–water partition coefficient (Wildman–Crippen LogP) is 2.41. The van der Waals surface area contributed by atoms with Crippen molar-refractivity contribution in [1.29, 1.82) is 0 Å². The number of hydrogen-bond acceptors (Lipinski definition) is 4. The third-order valence-corrected chi connectivity index (χ3v) is 4.53. The molecule has 0 spiro atoms. The Morgan fingerprint density at radius 3 is 2.80 bits per heavy atom. The number of fused-ring (bicyclic) bond motifs is 1. The molecule has 0 amide bonds. The zero-order valence-corrected chi connectivity index (χ0v) is 11.6. The van der Waals surface area contributed by atoms with Gasteiger partial charge in [0.05, 0.1) is 28.8 Å². The Morgan fingerprint density at radius 2 is 2.00 bits per heavy atom. The summed E-state index contributed by atoms with van der Waals surface area (Å²) < 4.78 is 26.9. The summed E-state index contributed by atoms with van der Waals surface area (Å²) in [5, 5.41) is 0.163. The summed E-state index contributed by atoms with van der Waals surface area (Å²) in [5.41, 5.74) is 1.50. The molecule has 0 fully saturated rings.